The summed E-state index contributed by atoms with van der Waals surface area (Å²) in [5, 5.41) is -0.0966. The van der Waals surface area contributed by atoms with Crippen LogP contribution in [0.15, 0.2) is 12.1 Å². The van der Waals surface area contributed by atoms with Crippen molar-refractivity contribution in [1.82, 2.24) is 14.0 Å². The first-order valence-corrected chi connectivity index (χ1v) is 10.8. The van der Waals surface area contributed by atoms with Gasteiger partial charge in [-0.3, -0.25) is 4.79 Å². The van der Waals surface area contributed by atoms with Crippen molar-refractivity contribution in [3.63, 3.8) is 0 Å². The SMILES string of the molecule is CN(C(=O)Cc1c2n(c(=S)n1C)C[C@H](c1c(F)ccc(Cl)c1F)C2)C1CCOCC1. The molecule has 0 spiro atoms. The smallest absolute Gasteiger partial charge is 0.228 e. The monoisotopic (exact) mass is 455 g/mol. The van der Waals surface area contributed by atoms with Crippen LogP contribution in [0, 0.1) is 16.4 Å². The minimum Gasteiger partial charge on any atom is -0.381 e. The predicted molar refractivity (Wildman–Crippen MR) is 112 cm³/mol. The quantitative estimate of drug-likeness (QED) is 0.516. The highest BCUT2D eigenvalue weighted by molar-refractivity contribution is 7.71. The van der Waals surface area contributed by atoms with E-state index in [1.165, 1.54) is 12.1 Å². The van der Waals surface area contributed by atoms with Gasteiger partial charge in [-0.25, -0.2) is 8.78 Å². The van der Waals surface area contributed by atoms with Gasteiger partial charge in [0.25, 0.3) is 0 Å². The maximum atomic E-state index is 14.6. The van der Waals surface area contributed by atoms with E-state index in [4.69, 9.17) is 28.6 Å². The Balaban J connectivity index is 1.59. The largest absolute Gasteiger partial charge is 0.381 e. The van der Waals surface area contributed by atoms with Crippen molar-refractivity contribution < 1.29 is 18.3 Å². The molecule has 4 rings (SSSR count). The van der Waals surface area contributed by atoms with Crippen molar-refractivity contribution in [1.29, 1.82) is 0 Å². The molecule has 0 aliphatic carbocycles. The maximum Gasteiger partial charge on any atom is 0.228 e. The zero-order valence-electron chi connectivity index (χ0n) is 17.0. The van der Waals surface area contributed by atoms with Gasteiger partial charge in [-0.1, -0.05) is 11.6 Å². The summed E-state index contributed by atoms with van der Waals surface area (Å²) in [4.78, 5) is 14.8. The lowest BCUT2D eigenvalue weighted by molar-refractivity contribution is -0.133. The van der Waals surface area contributed by atoms with Gasteiger partial charge < -0.3 is 18.8 Å². The second kappa shape index (κ2) is 8.40. The van der Waals surface area contributed by atoms with E-state index in [0.717, 1.165) is 24.2 Å². The van der Waals surface area contributed by atoms with Gasteiger partial charge in [0.15, 0.2) is 4.77 Å². The van der Waals surface area contributed by atoms with Crippen LogP contribution >= 0.6 is 23.8 Å². The van der Waals surface area contributed by atoms with Crippen molar-refractivity contribution in [3.8, 4) is 0 Å². The van der Waals surface area contributed by atoms with E-state index >= 15 is 0 Å². The van der Waals surface area contributed by atoms with Crippen LogP contribution in [-0.4, -0.2) is 46.2 Å². The van der Waals surface area contributed by atoms with E-state index < -0.39 is 17.6 Å². The van der Waals surface area contributed by atoms with Crippen molar-refractivity contribution in [2.45, 2.75) is 44.2 Å². The van der Waals surface area contributed by atoms with Gasteiger partial charge >= 0.3 is 0 Å². The number of hydrogen-bond acceptors (Lipinski definition) is 3. The highest BCUT2D eigenvalue weighted by atomic mass is 35.5. The minimum atomic E-state index is -0.723. The number of fused-ring (bicyclic) bond motifs is 1. The van der Waals surface area contributed by atoms with Gasteiger partial charge in [-0.2, -0.15) is 0 Å². The summed E-state index contributed by atoms with van der Waals surface area (Å²) in [6.45, 7) is 1.68. The lowest BCUT2D eigenvalue weighted by Gasteiger charge is -2.31. The molecule has 1 aromatic heterocycles. The van der Waals surface area contributed by atoms with Crippen molar-refractivity contribution in [2.24, 2.45) is 7.05 Å². The number of hydrogen-bond donors (Lipinski definition) is 0. The number of carbonyl (C=O) groups is 1. The Morgan fingerprint density at radius 2 is 2.03 bits per heavy atom. The number of imidazole rings is 1. The number of likely N-dealkylation sites (N-methyl/N-ethyl adjacent to an activating group) is 1. The van der Waals surface area contributed by atoms with Gasteiger partial charge in [0.1, 0.15) is 11.6 Å². The number of halogens is 3. The zero-order chi connectivity index (χ0) is 21.6. The summed E-state index contributed by atoms with van der Waals surface area (Å²) in [6.07, 6.45) is 2.25. The molecule has 0 saturated carbocycles. The second-order valence-corrected chi connectivity index (χ2v) is 8.80. The molecule has 3 heterocycles. The highest BCUT2D eigenvalue weighted by Gasteiger charge is 2.33. The number of aromatic nitrogens is 2. The Bertz CT molecular complexity index is 1050. The predicted octanol–water partition coefficient (Wildman–Crippen LogP) is 4.01. The van der Waals surface area contributed by atoms with Crippen molar-refractivity contribution in [3.05, 3.63) is 50.5 Å². The molecule has 1 amide bonds. The fourth-order valence-electron chi connectivity index (χ4n) is 4.57. The molecule has 162 valence electrons. The van der Waals surface area contributed by atoms with E-state index in [0.29, 0.717) is 31.0 Å². The third kappa shape index (κ3) is 3.69. The summed E-state index contributed by atoms with van der Waals surface area (Å²) in [7, 11) is 3.66. The van der Waals surface area contributed by atoms with E-state index in [-0.39, 0.29) is 29.0 Å². The summed E-state index contributed by atoms with van der Waals surface area (Å²) in [5.74, 6) is -1.74. The number of nitrogens with zero attached hydrogens (tertiary/aromatic N) is 3. The minimum absolute atomic E-state index is 0.00414. The average Bonchev–Trinajstić information content (AvgIpc) is 3.26. The van der Waals surface area contributed by atoms with Gasteiger partial charge in [-0.05, 0) is 43.6 Å². The van der Waals surface area contributed by atoms with Gasteiger partial charge in [-0.15, -0.1) is 0 Å². The molecular formula is C21H24ClF2N3O2S. The summed E-state index contributed by atoms with van der Waals surface area (Å²) < 4.78 is 38.6. The van der Waals surface area contributed by atoms with Crippen molar-refractivity contribution >= 4 is 29.7 Å². The van der Waals surface area contributed by atoms with Crippen LogP contribution in [-0.2, 0) is 36.0 Å². The summed E-state index contributed by atoms with van der Waals surface area (Å²) in [6, 6.07) is 2.58. The molecule has 1 atom stereocenters. The third-order valence-corrected chi connectivity index (χ3v) is 7.15. The number of carbonyl (C=O) groups excluding carboxylic acids is 1. The third-order valence-electron chi connectivity index (χ3n) is 6.36. The number of benzene rings is 1. The molecule has 30 heavy (non-hydrogen) atoms. The van der Waals surface area contributed by atoms with Crippen LogP contribution < -0.4 is 0 Å². The maximum absolute atomic E-state index is 14.6. The van der Waals surface area contributed by atoms with E-state index in [9.17, 15) is 13.6 Å². The molecule has 0 radical (unpaired) electrons. The molecule has 2 aromatic rings. The van der Waals surface area contributed by atoms with Gasteiger partial charge in [0, 0.05) is 62.8 Å². The first kappa shape index (κ1) is 21.5. The van der Waals surface area contributed by atoms with Crippen LogP contribution in [0.4, 0.5) is 8.78 Å². The molecular weight excluding hydrogens is 432 g/mol. The average molecular weight is 456 g/mol. The second-order valence-electron chi connectivity index (χ2n) is 8.03. The lowest BCUT2D eigenvalue weighted by atomic mass is 9.95. The Labute approximate surface area is 184 Å². The van der Waals surface area contributed by atoms with Crippen LogP contribution in [0.5, 0.6) is 0 Å². The Hall–Kier alpha value is -1.77. The number of rotatable bonds is 4. The van der Waals surface area contributed by atoms with Gasteiger partial charge in [0.2, 0.25) is 5.91 Å². The molecule has 0 N–H and O–H groups in total. The Morgan fingerprint density at radius 1 is 1.33 bits per heavy atom. The van der Waals surface area contributed by atoms with Crippen molar-refractivity contribution in [2.75, 3.05) is 20.3 Å². The van der Waals surface area contributed by atoms with Crippen LogP contribution in [0.3, 0.4) is 0 Å². The molecule has 1 fully saturated rings. The molecule has 5 nitrogen and oxygen atoms in total. The first-order chi connectivity index (χ1) is 14.3. The number of ether oxygens (including phenoxy) is 1. The molecule has 1 aromatic carbocycles. The lowest BCUT2D eigenvalue weighted by Crippen LogP contribution is -2.41. The molecule has 1 saturated heterocycles. The fraction of sp³-hybridized carbons (Fsp3) is 0.524. The highest BCUT2D eigenvalue weighted by Crippen LogP contribution is 2.37. The van der Waals surface area contributed by atoms with Crippen LogP contribution in [0.2, 0.25) is 5.02 Å². The van der Waals surface area contributed by atoms with E-state index in [1.54, 1.807) is 4.90 Å². The van der Waals surface area contributed by atoms with E-state index in [2.05, 4.69) is 0 Å². The molecule has 0 unspecified atom stereocenters. The number of amides is 1. The molecule has 0 bridgehead atoms. The van der Waals surface area contributed by atoms with Crippen LogP contribution in [0.25, 0.3) is 0 Å². The zero-order valence-corrected chi connectivity index (χ0v) is 18.5. The first-order valence-electron chi connectivity index (χ1n) is 10.0. The van der Waals surface area contributed by atoms with E-state index in [1.807, 2.05) is 23.2 Å². The molecule has 2 aliphatic heterocycles. The normalized spacial score (nSPS) is 19.2. The summed E-state index contributed by atoms with van der Waals surface area (Å²) in [5.41, 5.74) is 1.65. The Kier molecular flexibility index (Phi) is 6.01. The molecule has 2 aliphatic rings. The van der Waals surface area contributed by atoms with Crippen LogP contribution in [0.1, 0.15) is 35.7 Å². The van der Waals surface area contributed by atoms with Gasteiger partial charge in [0.05, 0.1) is 11.4 Å². The Morgan fingerprint density at radius 3 is 2.73 bits per heavy atom. The standard InChI is InChI=1S/C21H24ClF2N3O2S/c1-25(13-5-7-29-8-6-13)18(28)10-16-17-9-12(11-27(17)21(30)26(16)2)19-15(23)4-3-14(22)20(19)24/h3-4,12-13H,5-11H2,1-2H3/t12-/m1/s1. The molecule has 9 heteroatoms. The topological polar surface area (TPSA) is 39.4 Å². The fourth-order valence-corrected chi connectivity index (χ4v) is 5.03. The summed E-state index contributed by atoms with van der Waals surface area (Å²) >= 11 is 11.4.